The van der Waals surface area contributed by atoms with Gasteiger partial charge in [-0.1, -0.05) is 42.5 Å². The maximum atomic E-state index is 12.3. The van der Waals surface area contributed by atoms with E-state index in [1.54, 1.807) is 0 Å². The number of benzene rings is 2. The molecule has 26 heavy (non-hydrogen) atoms. The molecule has 2 aromatic rings. The molecule has 0 bridgehead atoms. The fraction of sp³-hybridized carbons (Fsp3) is 0.409. The minimum absolute atomic E-state index is 0.103. The highest BCUT2D eigenvalue weighted by molar-refractivity contribution is 5.94. The molecule has 3 rings (SSSR count). The second kappa shape index (κ2) is 9.51. The van der Waals surface area contributed by atoms with Crippen molar-refractivity contribution in [3.63, 3.8) is 0 Å². The van der Waals surface area contributed by atoms with E-state index in [2.05, 4.69) is 41.7 Å². The van der Waals surface area contributed by atoms with Crippen LogP contribution in [0.5, 0.6) is 0 Å². The number of hydrogen-bond acceptors (Lipinski definition) is 3. The summed E-state index contributed by atoms with van der Waals surface area (Å²) in [6.45, 7) is 1.40. The van der Waals surface area contributed by atoms with E-state index >= 15 is 0 Å². The van der Waals surface area contributed by atoms with E-state index in [9.17, 15) is 4.79 Å². The van der Waals surface area contributed by atoms with Gasteiger partial charge in [0.1, 0.15) is 0 Å². The molecule has 1 fully saturated rings. The van der Waals surface area contributed by atoms with Crippen LogP contribution in [0.1, 0.15) is 30.4 Å². The van der Waals surface area contributed by atoms with Gasteiger partial charge in [-0.15, -0.1) is 0 Å². The first kappa shape index (κ1) is 18.6. The van der Waals surface area contributed by atoms with Gasteiger partial charge in [0.2, 0.25) is 5.91 Å². The van der Waals surface area contributed by atoms with Gasteiger partial charge >= 0.3 is 0 Å². The third kappa shape index (κ3) is 5.41. The van der Waals surface area contributed by atoms with E-state index < -0.39 is 6.04 Å². The highest BCUT2D eigenvalue weighted by Gasteiger charge is 2.26. The summed E-state index contributed by atoms with van der Waals surface area (Å²) in [5.74, 6) is 0.106. The summed E-state index contributed by atoms with van der Waals surface area (Å²) in [6, 6.07) is 18.2. The third-order valence-corrected chi connectivity index (χ3v) is 5.07. The molecular formula is C22H28N2O2. The molecule has 1 aliphatic rings. The Kier molecular flexibility index (Phi) is 6.81. The smallest absolute Gasteiger partial charge is 0.241 e. The number of anilines is 1. The topological polar surface area (TPSA) is 64.4 Å². The first-order valence-corrected chi connectivity index (χ1v) is 9.49. The second-order valence-corrected chi connectivity index (χ2v) is 7.00. The standard InChI is InChI=1S/C22H28N2O2/c23-21(19-13-15-26-16-14-19)22(25)24-20-11-9-18(10-12-20)8-4-7-17-5-2-1-3-6-17/h1-3,5-6,9-12,19,21H,4,7-8,13-16,23H2,(H,24,25). The molecule has 0 spiro atoms. The molecule has 1 saturated heterocycles. The second-order valence-electron chi connectivity index (χ2n) is 7.00. The van der Waals surface area contributed by atoms with Crippen molar-refractivity contribution in [3.8, 4) is 0 Å². The zero-order valence-corrected chi connectivity index (χ0v) is 15.2. The van der Waals surface area contributed by atoms with Gasteiger partial charge < -0.3 is 15.8 Å². The molecule has 1 unspecified atom stereocenters. The van der Waals surface area contributed by atoms with Crippen molar-refractivity contribution in [2.75, 3.05) is 18.5 Å². The minimum Gasteiger partial charge on any atom is -0.381 e. The number of carbonyl (C=O) groups excluding carboxylic acids is 1. The number of aryl methyl sites for hydroxylation is 2. The fourth-order valence-corrected chi connectivity index (χ4v) is 3.41. The van der Waals surface area contributed by atoms with Crippen LogP contribution in [0.2, 0.25) is 0 Å². The highest BCUT2D eigenvalue weighted by Crippen LogP contribution is 2.19. The molecule has 1 aliphatic heterocycles. The van der Waals surface area contributed by atoms with E-state index in [-0.39, 0.29) is 11.8 Å². The van der Waals surface area contributed by atoms with Crippen molar-refractivity contribution in [3.05, 3.63) is 65.7 Å². The van der Waals surface area contributed by atoms with Crippen LogP contribution < -0.4 is 11.1 Å². The van der Waals surface area contributed by atoms with Crippen molar-refractivity contribution in [1.82, 2.24) is 0 Å². The van der Waals surface area contributed by atoms with Crippen molar-refractivity contribution >= 4 is 11.6 Å². The molecule has 3 N–H and O–H groups in total. The molecule has 0 saturated carbocycles. The van der Waals surface area contributed by atoms with Crippen molar-refractivity contribution in [2.24, 2.45) is 11.7 Å². The van der Waals surface area contributed by atoms with E-state index in [4.69, 9.17) is 10.5 Å². The van der Waals surface area contributed by atoms with Gasteiger partial charge in [0, 0.05) is 18.9 Å². The lowest BCUT2D eigenvalue weighted by molar-refractivity contribution is -0.119. The Balaban J connectivity index is 1.45. The normalized spacial score (nSPS) is 16.2. The number of amides is 1. The molecule has 1 amide bonds. The summed E-state index contributed by atoms with van der Waals surface area (Å²) in [6.07, 6.45) is 4.94. The molecule has 0 aliphatic carbocycles. The molecule has 4 heteroatoms. The Labute approximate surface area is 155 Å². The predicted octanol–water partition coefficient (Wildman–Crippen LogP) is 3.55. The molecule has 4 nitrogen and oxygen atoms in total. The van der Waals surface area contributed by atoms with Crippen molar-refractivity contribution in [1.29, 1.82) is 0 Å². The van der Waals surface area contributed by atoms with E-state index in [0.717, 1.165) is 37.8 Å². The van der Waals surface area contributed by atoms with Crippen LogP contribution >= 0.6 is 0 Å². The Bertz CT molecular complexity index is 679. The number of rotatable bonds is 7. The highest BCUT2D eigenvalue weighted by atomic mass is 16.5. The number of hydrogen-bond donors (Lipinski definition) is 2. The summed E-state index contributed by atoms with van der Waals surface area (Å²) >= 11 is 0. The third-order valence-electron chi connectivity index (χ3n) is 5.07. The van der Waals surface area contributed by atoms with Gasteiger partial charge in [-0.05, 0) is 61.3 Å². The summed E-state index contributed by atoms with van der Waals surface area (Å²) in [7, 11) is 0. The van der Waals surface area contributed by atoms with Crippen LogP contribution in [0.4, 0.5) is 5.69 Å². The van der Waals surface area contributed by atoms with E-state index in [1.807, 2.05) is 18.2 Å². The van der Waals surface area contributed by atoms with Gasteiger partial charge in [-0.25, -0.2) is 0 Å². The zero-order chi connectivity index (χ0) is 18.2. The molecule has 1 heterocycles. The summed E-state index contributed by atoms with van der Waals surface area (Å²) in [5, 5.41) is 2.94. The van der Waals surface area contributed by atoms with Crippen LogP contribution in [0.3, 0.4) is 0 Å². The fourth-order valence-electron chi connectivity index (χ4n) is 3.41. The lowest BCUT2D eigenvalue weighted by atomic mass is 9.92. The molecule has 138 valence electrons. The first-order valence-electron chi connectivity index (χ1n) is 9.49. The summed E-state index contributed by atoms with van der Waals surface area (Å²) in [5.41, 5.74) is 9.59. The number of nitrogens with two attached hydrogens (primary N) is 1. The summed E-state index contributed by atoms with van der Waals surface area (Å²) in [4.78, 5) is 12.3. The Morgan fingerprint density at radius 3 is 2.27 bits per heavy atom. The maximum absolute atomic E-state index is 12.3. The average molecular weight is 352 g/mol. The van der Waals surface area contributed by atoms with Crippen molar-refractivity contribution < 1.29 is 9.53 Å². The van der Waals surface area contributed by atoms with Crippen LogP contribution in [0, 0.1) is 5.92 Å². The lowest BCUT2D eigenvalue weighted by Gasteiger charge is -2.26. The number of carbonyl (C=O) groups is 1. The molecule has 1 atom stereocenters. The van der Waals surface area contributed by atoms with E-state index in [0.29, 0.717) is 13.2 Å². The maximum Gasteiger partial charge on any atom is 0.241 e. The van der Waals surface area contributed by atoms with Gasteiger partial charge in [-0.3, -0.25) is 4.79 Å². The largest absolute Gasteiger partial charge is 0.381 e. The Morgan fingerprint density at radius 2 is 1.62 bits per heavy atom. The predicted molar refractivity (Wildman–Crippen MR) is 105 cm³/mol. The minimum atomic E-state index is -0.468. The number of nitrogens with one attached hydrogen (secondary N) is 1. The van der Waals surface area contributed by atoms with Gasteiger partial charge in [0.05, 0.1) is 6.04 Å². The van der Waals surface area contributed by atoms with Gasteiger partial charge in [0.25, 0.3) is 0 Å². The van der Waals surface area contributed by atoms with E-state index in [1.165, 1.54) is 11.1 Å². The van der Waals surface area contributed by atoms with Gasteiger partial charge in [0.15, 0.2) is 0 Å². The SMILES string of the molecule is NC(C(=O)Nc1ccc(CCCc2ccccc2)cc1)C1CCOCC1. The lowest BCUT2D eigenvalue weighted by Crippen LogP contribution is -2.43. The Morgan fingerprint density at radius 1 is 1.00 bits per heavy atom. The van der Waals surface area contributed by atoms with Crippen LogP contribution in [0.25, 0.3) is 0 Å². The van der Waals surface area contributed by atoms with Crippen LogP contribution in [-0.2, 0) is 22.4 Å². The molecule has 2 aromatic carbocycles. The molecule has 0 radical (unpaired) electrons. The molecular weight excluding hydrogens is 324 g/mol. The van der Waals surface area contributed by atoms with Gasteiger partial charge in [-0.2, -0.15) is 0 Å². The number of ether oxygens (including phenoxy) is 1. The Hall–Kier alpha value is -2.17. The van der Waals surface area contributed by atoms with Crippen molar-refractivity contribution in [2.45, 2.75) is 38.1 Å². The monoisotopic (exact) mass is 352 g/mol. The van der Waals surface area contributed by atoms with Crippen LogP contribution in [-0.4, -0.2) is 25.2 Å². The first-order chi connectivity index (χ1) is 12.7. The summed E-state index contributed by atoms with van der Waals surface area (Å²) < 4.78 is 5.33. The average Bonchev–Trinajstić information content (AvgIpc) is 2.70. The zero-order valence-electron chi connectivity index (χ0n) is 15.2. The van der Waals surface area contributed by atoms with Crippen LogP contribution in [0.15, 0.2) is 54.6 Å². The quantitative estimate of drug-likeness (QED) is 0.801. The molecule has 0 aromatic heterocycles.